The second kappa shape index (κ2) is 5.85. The van der Waals surface area contributed by atoms with Crippen LogP contribution in [0.3, 0.4) is 0 Å². The van der Waals surface area contributed by atoms with Crippen molar-refractivity contribution in [2.45, 2.75) is 32.7 Å². The Hall–Kier alpha value is -0.910. The van der Waals surface area contributed by atoms with Gasteiger partial charge in [0.1, 0.15) is 0 Å². The lowest BCUT2D eigenvalue weighted by molar-refractivity contribution is -0.216. The van der Waals surface area contributed by atoms with E-state index in [1.165, 1.54) is 21.1 Å². The maximum atomic E-state index is 10.6. The highest BCUT2D eigenvalue weighted by Crippen LogP contribution is 2.07. The lowest BCUT2D eigenvalue weighted by Crippen LogP contribution is -2.49. The molecule has 0 aliphatic heterocycles. The molecule has 0 heterocycles. The number of aliphatic carboxylic acids is 1. The van der Waals surface area contributed by atoms with E-state index in [0.717, 1.165) is 0 Å². The maximum absolute atomic E-state index is 10.6. The van der Waals surface area contributed by atoms with Crippen LogP contribution in [0.5, 0.6) is 0 Å². The van der Waals surface area contributed by atoms with Crippen LogP contribution in [-0.4, -0.2) is 37.2 Å². The normalized spacial score (nSPS) is 15.1. The molecule has 0 rings (SSSR count). The quantitative estimate of drug-likeness (QED) is 0.512. The number of rotatable bonds is 6. The number of nitrogens with one attached hydrogen (secondary N) is 1. The Morgan fingerprint density at radius 3 is 2.27 bits per heavy atom. The van der Waals surface area contributed by atoms with E-state index in [4.69, 9.17) is 14.6 Å². The third-order valence-electron chi connectivity index (χ3n) is 2.11. The summed E-state index contributed by atoms with van der Waals surface area (Å²) in [6.07, 6.45) is 1.60. The molecule has 15 heavy (non-hydrogen) atoms. The number of carbonyl (C=O) groups is 1. The molecule has 0 aliphatic carbocycles. The molecule has 1 unspecified atom stereocenters. The SMILES string of the molecule is COC(C)(NC(C)C=C(C)C(=O)O)OC. The van der Waals surface area contributed by atoms with Gasteiger partial charge >= 0.3 is 5.97 Å². The second-order valence-corrected chi connectivity index (χ2v) is 3.44. The third kappa shape index (κ3) is 4.92. The van der Waals surface area contributed by atoms with Crippen molar-refractivity contribution in [1.82, 2.24) is 5.32 Å². The fraction of sp³-hybridized carbons (Fsp3) is 0.700. The fourth-order valence-corrected chi connectivity index (χ4v) is 1.10. The molecule has 1 atom stereocenters. The smallest absolute Gasteiger partial charge is 0.331 e. The molecule has 88 valence electrons. The zero-order valence-corrected chi connectivity index (χ0v) is 9.83. The molecule has 5 heteroatoms. The summed E-state index contributed by atoms with van der Waals surface area (Å²) in [4.78, 5) is 10.6. The van der Waals surface area contributed by atoms with Crippen LogP contribution in [0.4, 0.5) is 0 Å². The molecule has 0 aromatic heterocycles. The maximum Gasteiger partial charge on any atom is 0.331 e. The van der Waals surface area contributed by atoms with E-state index >= 15 is 0 Å². The highest BCUT2D eigenvalue weighted by Gasteiger charge is 2.23. The van der Waals surface area contributed by atoms with Gasteiger partial charge in [0.25, 0.3) is 0 Å². The first-order valence-electron chi connectivity index (χ1n) is 4.64. The summed E-state index contributed by atoms with van der Waals surface area (Å²) < 4.78 is 10.2. The Bertz CT molecular complexity index is 246. The number of hydrogen-bond donors (Lipinski definition) is 2. The minimum absolute atomic E-state index is 0.161. The van der Waals surface area contributed by atoms with Gasteiger partial charge in [0, 0.05) is 32.8 Å². The van der Waals surface area contributed by atoms with Crippen LogP contribution in [0.2, 0.25) is 0 Å². The summed E-state index contributed by atoms with van der Waals surface area (Å²) in [5.74, 6) is -1.84. The Morgan fingerprint density at radius 1 is 1.47 bits per heavy atom. The highest BCUT2D eigenvalue weighted by molar-refractivity contribution is 5.85. The van der Waals surface area contributed by atoms with Crippen LogP contribution in [0, 0.1) is 0 Å². The van der Waals surface area contributed by atoms with Crippen LogP contribution in [0.1, 0.15) is 20.8 Å². The van der Waals surface area contributed by atoms with E-state index < -0.39 is 11.9 Å². The molecule has 0 aromatic rings. The molecule has 2 N–H and O–H groups in total. The minimum Gasteiger partial charge on any atom is -0.478 e. The van der Waals surface area contributed by atoms with Gasteiger partial charge in [-0.2, -0.15) is 0 Å². The van der Waals surface area contributed by atoms with Crippen molar-refractivity contribution in [1.29, 1.82) is 0 Å². The third-order valence-corrected chi connectivity index (χ3v) is 2.11. The Balaban J connectivity index is 4.43. The number of methoxy groups -OCH3 is 2. The van der Waals surface area contributed by atoms with E-state index in [0.29, 0.717) is 0 Å². The molecule has 0 saturated carbocycles. The number of ether oxygens (including phenoxy) is 2. The minimum atomic E-state index is -0.930. The Kier molecular flexibility index (Phi) is 5.49. The van der Waals surface area contributed by atoms with Crippen molar-refractivity contribution in [3.05, 3.63) is 11.6 Å². The summed E-state index contributed by atoms with van der Waals surface area (Å²) in [5.41, 5.74) is 0.282. The molecule has 0 saturated heterocycles. The number of carboxylic acids is 1. The molecule has 5 nitrogen and oxygen atoms in total. The zero-order valence-electron chi connectivity index (χ0n) is 9.83. The standard InChI is InChI=1S/C10H19NO4/c1-7(9(12)13)6-8(2)11-10(3,14-4)15-5/h6,8,11H,1-5H3,(H,12,13). The molecule has 0 fully saturated rings. The Morgan fingerprint density at radius 2 is 1.93 bits per heavy atom. The van der Waals surface area contributed by atoms with E-state index in [1.807, 2.05) is 6.92 Å². The first-order chi connectivity index (χ1) is 6.84. The van der Waals surface area contributed by atoms with Gasteiger partial charge in [-0.1, -0.05) is 6.08 Å². The number of hydrogen-bond acceptors (Lipinski definition) is 4. The molecule has 0 bridgehead atoms. The lowest BCUT2D eigenvalue weighted by atomic mass is 10.2. The topological polar surface area (TPSA) is 67.8 Å². The first-order valence-corrected chi connectivity index (χ1v) is 4.64. The van der Waals surface area contributed by atoms with Crippen LogP contribution in [0.25, 0.3) is 0 Å². The second-order valence-electron chi connectivity index (χ2n) is 3.44. The Labute approximate surface area is 90.1 Å². The van der Waals surface area contributed by atoms with Crippen LogP contribution >= 0.6 is 0 Å². The molecule has 0 radical (unpaired) electrons. The number of carboxylic acid groups (broad SMARTS) is 1. The van der Waals surface area contributed by atoms with E-state index in [-0.39, 0.29) is 11.6 Å². The summed E-state index contributed by atoms with van der Waals surface area (Å²) >= 11 is 0. The fourth-order valence-electron chi connectivity index (χ4n) is 1.10. The molecule has 0 aromatic carbocycles. The predicted octanol–water partition coefficient (Wildman–Crippen LogP) is 0.962. The zero-order chi connectivity index (χ0) is 12.1. The lowest BCUT2D eigenvalue weighted by Gasteiger charge is -2.29. The summed E-state index contributed by atoms with van der Waals surface area (Å²) in [6.45, 7) is 5.08. The van der Waals surface area contributed by atoms with E-state index in [9.17, 15) is 4.79 Å². The van der Waals surface area contributed by atoms with Crippen LogP contribution in [0.15, 0.2) is 11.6 Å². The molecular weight excluding hydrogens is 198 g/mol. The monoisotopic (exact) mass is 217 g/mol. The van der Waals surface area contributed by atoms with Crippen molar-refractivity contribution < 1.29 is 19.4 Å². The van der Waals surface area contributed by atoms with Crippen molar-refractivity contribution in [3.8, 4) is 0 Å². The molecule has 0 spiro atoms. The average molecular weight is 217 g/mol. The van der Waals surface area contributed by atoms with Gasteiger partial charge in [-0.05, 0) is 13.8 Å². The van der Waals surface area contributed by atoms with Gasteiger partial charge in [0.05, 0.1) is 0 Å². The molecule has 0 aliphatic rings. The largest absolute Gasteiger partial charge is 0.478 e. The van der Waals surface area contributed by atoms with Crippen LogP contribution < -0.4 is 5.32 Å². The first kappa shape index (κ1) is 14.1. The van der Waals surface area contributed by atoms with Gasteiger partial charge in [0.15, 0.2) is 0 Å². The van der Waals surface area contributed by atoms with Crippen LogP contribution in [-0.2, 0) is 14.3 Å². The predicted molar refractivity (Wildman–Crippen MR) is 56.4 cm³/mol. The highest BCUT2D eigenvalue weighted by atomic mass is 16.7. The van der Waals surface area contributed by atoms with Gasteiger partial charge in [-0.25, -0.2) is 4.79 Å². The summed E-state index contributed by atoms with van der Waals surface area (Å²) in [6, 6.07) is -0.161. The van der Waals surface area contributed by atoms with E-state index in [2.05, 4.69) is 5.32 Å². The van der Waals surface area contributed by atoms with Crippen molar-refractivity contribution in [3.63, 3.8) is 0 Å². The molecular formula is C10H19NO4. The summed E-state index contributed by atoms with van der Waals surface area (Å²) in [5, 5.41) is 11.7. The van der Waals surface area contributed by atoms with Crippen molar-refractivity contribution >= 4 is 5.97 Å². The average Bonchev–Trinajstić information content (AvgIpc) is 2.17. The van der Waals surface area contributed by atoms with Gasteiger partial charge in [-0.15, -0.1) is 0 Å². The van der Waals surface area contributed by atoms with E-state index in [1.54, 1.807) is 13.0 Å². The van der Waals surface area contributed by atoms with Gasteiger partial charge < -0.3 is 14.6 Å². The molecule has 0 amide bonds. The summed E-state index contributed by atoms with van der Waals surface area (Å²) in [7, 11) is 3.02. The van der Waals surface area contributed by atoms with Gasteiger partial charge in [0.2, 0.25) is 5.91 Å². The van der Waals surface area contributed by atoms with Crippen molar-refractivity contribution in [2.24, 2.45) is 0 Å². The van der Waals surface area contributed by atoms with Crippen molar-refractivity contribution in [2.75, 3.05) is 14.2 Å². The van der Waals surface area contributed by atoms with Gasteiger partial charge in [-0.3, -0.25) is 5.32 Å².